The molecular weight excluding hydrogens is 335 g/mol. The van der Waals surface area contributed by atoms with Gasteiger partial charge in [0.2, 0.25) is 0 Å². The molecule has 1 atom stereocenters. The Bertz CT molecular complexity index is 361. The van der Waals surface area contributed by atoms with Crippen molar-refractivity contribution in [2.45, 2.75) is 32.9 Å². The van der Waals surface area contributed by atoms with Crippen LogP contribution >= 0.6 is 22.6 Å². The van der Waals surface area contributed by atoms with Crippen LogP contribution in [-0.2, 0) is 6.54 Å². The van der Waals surface area contributed by atoms with Crippen molar-refractivity contribution in [1.82, 2.24) is 10.2 Å². The summed E-state index contributed by atoms with van der Waals surface area (Å²) in [6.07, 6.45) is 1.26. The number of benzene rings is 1. The van der Waals surface area contributed by atoms with E-state index in [9.17, 15) is 0 Å². The Hall–Kier alpha value is -0.130. The molecule has 1 aromatic carbocycles. The third-order valence-electron chi connectivity index (χ3n) is 3.64. The highest BCUT2D eigenvalue weighted by Gasteiger charge is 2.19. The Balaban J connectivity index is 1.96. The molecule has 1 N–H and O–H groups in total. The predicted octanol–water partition coefficient (Wildman–Crippen LogP) is 3.11. The first kappa shape index (κ1) is 14.3. The van der Waals surface area contributed by atoms with E-state index in [1.165, 1.54) is 28.6 Å². The highest BCUT2D eigenvalue weighted by Crippen LogP contribution is 2.13. The molecule has 3 heteroatoms. The maximum absolute atomic E-state index is 3.66. The Kier molecular flexibility index (Phi) is 5.45. The Morgan fingerprint density at radius 3 is 2.72 bits per heavy atom. The van der Waals surface area contributed by atoms with Gasteiger partial charge in [-0.15, -0.1) is 0 Å². The lowest BCUT2D eigenvalue weighted by atomic mass is 10.0. The van der Waals surface area contributed by atoms with Crippen molar-refractivity contribution < 1.29 is 0 Å². The van der Waals surface area contributed by atoms with Crippen molar-refractivity contribution in [2.75, 3.05) is 19.6 Å². The van der Waals surface area contributed by atoms with Gasteiger partial charge in [-0.3, -0.25) is 4.90 Å². The smallest absolute Gasteiger partial charge is 0.0234 e. The molecule has 0 aromatic heterocycles. The van der Waals surface area contributed by atoms with Gasteiger partial charge >= 0.3 is 0 Å². The molecule has 2 rings (SSSR count). The lowest BCUT2D eigenvalue weighted by molar-refractivity contribution is 0.238. The second-order valence-electron chi connectivity index (χ2n) is 5.52. The molecule has 0 bridgehead atoms. The van der Waals surface area contributed by atoms with E-state index >= 15 is 0 Å². The van der Waals surface area contributed by atoms with Crippen LogP contribution < -0.4 is 5.32 Å². The summed E-state index contributed by atoms with van der Waals surface area (Å²) in [7, 11) is 0. The summed E-state index contributed by atoms with van der Waals surface area (Å²) in [5.41, 5.74) is 1.43. The minimum atomic E-state index is 0.636. The van der Waals surface area contributed by atoms with Gasteiger partial charge in [-0.2, -0.15) is 0 Å². The molecule has 18 heavy (non-hydrogen) atoms. The normalized spacial score (nSPS) is 22.1. The minimum Gasteiger partial charge on any atom is -0.312 e. The van der Waals surface area contributed by atoms with E-state index < -0.39 is 0 Å². The monoisotopic (exact) mass is 358 g/mol. The van der Waals surface area contributed by atoms with Gasteiger partial charge in [-0.1, -0.05) is 26.0 Å². The highest BCUT2D eigenvalue weighted by molar-refractivity contribution is 14.1. The fraction of sp³-hybridized carbons (Fsp3) is 0.600. The van der Waals surface area contributed by atoms with Gasteiger partial charge in [0.1, 0.15) is 0 Å². The molecule has 0 spiro atoms. The van der Waals surface area contributed by atoms with Crippen LogP contribution in [0.25, 0.3) is 0 Å². The van der Waals surface area contributed by atoms with Crippen molar-refractivity contribution in [1.29, 1.82) is 0 Å². The molecule has 1 heterocycles. The molecule has 0 aliphatic carbocycles. The standard InChI is InChI=1S/C15H23IN2/c1-12(2)15-11-18(9-3-8-17-15)10-13-4-6-14(16)7-5-13/h4-7,12,15,17H,3,8-11H2,1-2H3. The first-order chi connectivity index (χ1) is 8.65. The molecule has 0 amide bonds. The molecule has 1 fully saturated rings. The molecular formula is C15H23IN2. The molecule has 2 nitrogen and oxygen atoms in total. The number of hydrogen-bond acceptors (Lipinski definition) is 2. The molecule has 1 aliphatic heterocycles. The number of halogens is 1. The quantitative estimate of drug-likeness (QED) is 0.836. The molecule has 1 aromatic rings. The van der Waals surface area contributed by atoms with E-state index in [-0.39, 0.29) is 0 Å². The van der Waals surface area contributed by atoms with Crippen LogP contribution in [-0.4, -0.2) is 30.6 Å². The molecule has 0 saturated carbocycles. The first-order valence-electron chi connectivity index (χ1n) is 6.85. The van der Waals surface area contributed by atoms with Crippen LogP contribution in [0.15, 0.2) is 24.3 Å². The number of nitrogens with one attached hydrogen (secondary N) is 1. The summed E-state index contributed by atoms with van der Waals surface area (Å²) in [5, 5.41) is 3.66. The average Bonchev–Trinajstić information content (AvgIpc) is 2.58. The lowest BCUT2D eigenvalue weighted by Gasteiger charge is -2.26. The van der Waals surface area contributed by atoms with Crippen molar-refractivity contribution >= 4 is 22.6 Å². The molecule has 0 radical (unpaired) electrons. The zero-order valence-electron chi connectivity index (χ0n) is 11.3. The van der Waals surface area contributed by atoms with Gasteiger partial charge in [0.15, 0.2) is 0 Å². The lowest BCUT2D eigenvalue weighted by Crippen LogP contribution is -2.40. The van der Waals surface area contributed by atoms with Gasteiger partial charge < -0.3 is 5.32 Å². The molecule has 1 unspecified atom stereocenters. The van der Waals surface area contributed by atoms with Crippen LogP contribution in [0.1, 0.15) is 25.8 Å². The van der Waals surface area contributed by atoms with Crippen molar-refractivity contribution in [3.8, 4) is 0 Å². The minimum absolute atomic E-state index is 0.636. The van der Waals surface area contributed by atoms with E-state index in [2.05, 4.69) is 70.9 Å². The Labute approximate surface area is 124 Å². The number of rotatable bonds is 3. The van der Waals surface area contributed by atoms with E-state index in [4.69, 9.17) is 0 Å². The van der Waals surface area contributed by atoms with E-state index in [0.29, 0.717) is 12.0 Å². The summed E-state index contributed by atoms with van der Waals surface area (Å²) in [4.78, 5) is 2.59. The van der Waals surface area contributed by atoms with Crippen molar-refractivity contribution in [3.05, 3.63) is 33.4 Å². The topological polar surface area (TPSA) is 15.3 Å². The second kappa shape index (κ2) is 6.87. The Morgan fingerprint density at radius 2 is 2.06 bits per heavy atom. The summed E-state index contributed by atoms with van der Waals surface area (Å²) in [6, 6.07) is 9.54. The average molecular weight is 358 g/mol. The van der Waals surface area contributed by atoms with Crippen LogP contribution in [0.3, 0.4) is 0 Å². The third kappa shape index (κ3) is 4.21. The van der Waals surface area contributed by atoms with Crippen molar-refractivity contribution in [3.63, 3.8) is 0 Å². The maximum atomic E-state index is 3.66. The summed E-state index contributed by atoms with van der Waals surface area (Å²) < 4.78 is 1.31. The highest BCUT2D eigenvalue weighted by atomic mass is 127. The summed E-state index contributed by atoms with van der Waals surface area (Å²) in [5.74, 6) is 0.710. The van der Waals surface area contributed by atoms with Crippen LogP contribution in [0.2, 0.25) is 0 Å². The van der Waals surface area contributed by atoms with Crippen molar-refractivity contribution in [2.24, 2.45) is 5.92 Å². The van der Waals surface area contributed by atoms with Gasteiger partial charge in [0.25, 0.3) is 0 Å². The third-order valence-corrected chi connectivity index (χ3v) is 4.36. The van der Waals surface area contributed by atoms with Gasteiger partial charge in [-0.25, -0.2) is 0 Å². The predicted molar refractivity (Wildman–Crippen MR) is 85.7 cm³/mol. The van der Waals surface area contributed by atoms with Gasteiger partial charge in [-0.05, 0) is 65.7 Å². The zero-order chi connectivity index (χ0) is 13.0. The van der Waals surface area contributed by atoms with E-state index in [1.807, 2.05) is 0 Å². The van der Waals surface area contributed by atoms with Crippen LogP contribution in [0.5, 0.6) is 0 Å². The summed E-state index contributed by atoms with van der Waals surface area (Å²) in [6.45, 7) is 9.25. The van der Waals surface area contributed by atoms with E-state index in [1.54, 1.807) is 0 Å². The molecule has 1 aliphatic rings. The fourth-order valence-electron chi connectivity index (χ4n) is 2.46. The maximum Gasteiger partial charge on any atom is 0.0234 e. The van der Waals surface area contributed by atoms with Crippen LogP contribution in [0, 0.1) is 9.49 Å². The SMILES string of the molecule is CC(C)C1CN(Cc2ccc(I)cc2)CCCN1. The fourth-order valence-corrected chi connectivity index (χ4v) is 2.82. The van der Waals surface area contributed by atoms with E-state index in [0.717, 1.165) is 13.1 Å². The second-order valence-corrected chi connectivity index (χ2v) is 6.77. The summed E-state index contributed by atoms with van der Waals surface area (Å²) >= 11 is 2.36. The number of hydrogen-bond donors (Lipinski definition) is 1. The first-order valence-corrected chi connectivity index (χ1v) is 7.93. The largest absolute Gasteiger partial charge is 0.312 e. The van der Waals surface area contributed by atoms with Gasteiger partial charge in [0.05, 0.1) is 0 Å². The zero-order valence-corrected chi connectivity index (χ0v) is 13.5. The number of nitrogens with zero attached hydrogens (tertiary/aromatic N) is 1. The molecule has 1 saturated heterocycles. The van der Waals surface area contributed by atoms with Crippen LogP contribution in [0.4, 0.5) is 0 Å². The molecule has 100 valence electrons. The van der Waals surface area contributed by atoms with Gasteiger partial charge in [0, 0.05) is 22.7 Å². The Morgan fingerprint density at radius 1 is 1.33 bits per heavy atom.